The quantitative estimate of drug-likeness (QED) is 0.692. The van der Waals surface area contributed by atoms with Gasteiger partial charge >= 0.3 is 0 Å². The summed E-state index contributed by atoms with van der Waals surface area (Å²) in [6.45, 7) is 4.43. The van der Waals surface area contributed by atoms with E-state index in [1.165, 1.54) is 0 Å². The maximum atomic E-state index is 9.39. The largest absolute Gasteiger partial charge is 0.398 e. The summed E-state index contributed by atoms with van der Waals surface area (Å²) in [6.07, 6.45) is 1.65. The molecule has 0 unspecified atom stereocenters. The van der Waals surface area contributed by atoms with E-state index < -0.39 is 0 Å². The summed E-state index contributed by atoms with van der Waals surface area (Å²) < 4.78 is 0. The molecule has 128 valence electrons. The molecule has 0 saturated heterocycles. The molecule has 1 heterocycles. The molecule has 1 aliphatic rings. The highest BCUT2D eigenvalue weighted by Gasteiger charge is 2.33. The van der Waals surface area contributed by atoms with Crippen molar-refractivity contribution in [3.63, 3.8) is 0 Å². The minimum absolute atomic E-state index is 0.0370. The molecule has 0 aliphatic heterocycles. The molecule has 4 rings (SSSR count). The number of fused-ring (bicyclic) bond motifs is 2. The highest BCUT2D eigenvalue weighted by atomic mass is 14.8. The molecule has 2 N–H and O–H groups in total. The zero-order valence-corrected chi connectivity index (χ0v) is 15.0. The Bertz CT molecular complexity index is 1090. The van der Waals surface area contributed by atoms with Crippen molar-refractivity contribution < 1.29 is 0 Å². The summed E-state index contributed by atoms with van der Waals surface area (Å²) in [4.78, 5) is 9.75. The molecule has 0 amide bonds. The summed E-state index contributed by atoms with van der Waals surface area (Å²) in [7, 11) is 0. The Morgan fingerprint density at radius 1 is 1.08 bits per heavy atom. The van der Waals surface area contributed by atoms with Crippen LogP contribution in [0.25, 0.3) is 10.9 Å². The van der Waals surface area contributed by atoms with Gasteiger partial charge in [0.25, 0.3) is 0 Å². The van der Waals surface area contributed by atoms with Crippen molar-refractivity contribution in [1.82, 2.24) is 4.98 Å². The second kappa shape index (κ2) is 5.96. The van der Waals surface area contributed by atoms with Crippen molar-refractivity contribution >= 4 is 28.0 Å². The third-order valence-electron chi connectivity index (χ3n) is 4.87. The van der Waals surface area contributed by atoms with Crippen LogP contribution < -0.4 is 5.73 Å². The SMILES string of the molecule is CC1(C)CC(=Nc2ccccc2C#N)c2c(nc3ccccc3c2N)C1. The van der Waals surface area contributed by atoms with Crippen LogP contribution in [-0.2, 0) is 6.42 Å². The average molecular weight is 340 g/mol. The number of aromatic nitrogens is 1. The summed E-state index contributed by atoms with van der Waals surface area (Å²) in [6, 6.07) is 17.6. The Balaban J connectivity index is 1.99. The van der Waals surface area contributed by atoms with Gasteiger partial charge in [-0.25, -0.2) is 0 Å². The normalized spacial score (nSPS) is 17.0. The lowest BCUT2D eigenvalue weighted by Gasteiger charge is -2.32. The number of rotatable bonds is 1. The fourth-order valence-electron chi connectivity index (χ4n) is 3.70. The zero-order chi connectivity index (χ0) is 18.3. The maximum Gasteiger partial charge on any atom is 0.101 e. The molecule has 1 aromatic heterocycles. The van der Waals surface area contributed by atoms with Crippen molar-refractivity contribution in [3.8, 4) is 6.07 Å². The van der Waals surface area contributed by atoms with Crippen LogP contribution in [0.5, 0.6) is 0 Å². The van der Waals surface area contributed by atoms with Crippen LogP contribution in [0.15, 0.2) is 53.5 Å². The molecule has 4 nitrogen and oxygen atoms in total. The minimum atomic E-state index is 0.0370. The Labute approximate surface area is 153 Å². The Morgan fingerprint density at radius 3 is 2.62 bits per heavy atom. The number of pyridine rings is 1. The van der Waals surface area contributed by atoms with E-state index in [0.717, 1.165) is 46.4 Å². The first kappa shape index (κ1) is 16.3. The van der Waals surface area contributed by atoms with Crippen LogP contribution in [0, 0.1) is 16.7 Å². The smallest absolute Gasteiger partial charge is 0.101 e. The monoisotopic (exact) mass is 340 g/mol. The Kier molecular flexibility index (Phi) is 3.73. The van der Waals surface area contributed by atoms with Crippen LogP contribution in [0.2, 0.25) is 0 Å². The minimum Gasteiger partial charge on any atom is -0.398 e. The number of anilines is 1. The first-order valence-electron chi connectivity index (χ1n) is 8.73. The molecule has 0 saturated carbocycles. The van der Waals surface area contributed by atoms with E-state index >= 15 is 0 Å². The standard InChI is InChI=1S/C22H20N4/c1-22(2)11-18(25-16-9-5-3-7-14(16)13-23)20-19(12-22)26-17-10-6-4-8-15(17)21(20)24/h3-10H,11-12H2,1-2H3,(H2,24,26). The van der Waals surface area contributed by atoms with Gasteiger partial charge < -0.3 is 5.73 Å². The second-order valence-corrected chi connectivity index (χ2v) is 7.57. The first-order chi connectivity index (χ1) is 12.5. The fraction of sp³-hybridized carbons (Fsp3) is 0.227. The third-order valence-corrected chi connectivity index (χ3v) is 4.87. The number of nitrogens with two attached hydrogens (primary N) is 1. The van der Waals surface area contributed by atoms with E-state index in [1.54, 1.807) is 6.07 Å². The average Bonchev–Trinajstić information content (AvgIpc) is 2.61. The van der Waals surface area contributed by atoms with Gasteiger partial charge in [-0.2, -0.15) is 5.26 Å². The van der Waals surface area contributed by atoms with Crippen molar-refractivity contribution in [2.45, 2.75) is 26.7 Å². The van der Waals surface area contributed by atoms with E-state index in [4.69, 9.17) is 15.7 Å². The van der Waals surface area contributed by atoms with Gasteiger partial charge in [-0.15, -0.1) is 0 Å². The van der Waals surface area contributed by atoms with Gasteiger partial charge in [0.1, 0.15) is 6.07 Å². The van der Waals surface area contributed by atoms with Gasteiger partial charge in [0.05, 0.1) is 33.9 Å². The molecule has 4 heteroatoms. The van der Waals surface area contributed by atoms with Crippen LogP contribution in [0.3, 0.4) is 0 Å². The summed E-state index contributed by atoms with van der Waals surface area (Å²) in [5, 5.41) is 10.3. The second-order valence-electron chi connectivity index (χ2n) is 7.57. The van der Waals surface area contributed by atoms with Gasteiger partial charge in [0.15, 0.2) is 0 Å². The molecule has 26 heavy (non-hydrogen) atoms. The molecule has 0 spiro atoms. The lowest BCUT2D eigenvalue weighted by Crippen LogP contribution is -2.29. The highest BCUT2D eigenvalue weighted by molar-refractivity contribution is 6.12. The molecular weight excluding hydrogens is 320 g/mol. The molecule has 0 fully saturated rings. The number of para-hydroxylation sites is 2. The molecule has 0 radical (unpaired) electrons. The molecule has 0 bridgehead atoms. The number of aliphatic imine (C=N–C) groups is 1. The van der Waals surface area contributed by atoms with Crippen LogP contribution in [-0.4, -0.2) is 10.7 Å². The van der Waals surface area contributed by atoms with Gasteiger partial charge in [-0.3, -0.25) is 9.98 Å². The predicted octanol–water partition coefficient (Wildman–Crippen LogP) is 4.78. The van der Waals surface area contributed by atoms with E-state index in [2.05, 4.69) is 19.9 Å². The number of nitriles is 1. The number of nitrogens with zero attached hydrogens (tertiary/aromatic N) is 3. The van der Waals surface area contributed by atoms with E-state index in [1.807, 2.05) is 42.5 Å². The van der Waals surface area contributed by atoms with Crippen molar-refractivity contribution in [3.05, 3.63) is 65.4 Å². The van der Waals surface area contributed by atoms with Gasteiger partial charge in [0.2, 0.25) is 0 Å². The number of benzene rings is 2. The van der Waals surface area contributed by atoms with Crippen LogP contribution in [0.1, 0.15) is 37.1 Å². The molecule has 3 aromatic rings. The van der Waals surface area contributed by atoms with E-state index in [9.17, 15) is 5.26 Å². The van der Waals surface area contributed by atoms with E-state index in [-0.39, 0.29) is 5.41 Å². The maximum absolute atomic E-state index is 9.39. The van der Waals surface area contributed by atoms with Crippen molar-refractivity contribution in [2.24, 2.45) is 10.4 Å². The van der Waals surface area contributed by atoms with Crippen molar-refractivity contribution in [1.29, 1.82) is 5.26 Å². The summed E-state index contributed by atoms with van der Waals surface area (Å²) in [5.41, 5.74) is 12.3. The van der Waals surface area contributed by atoms with Crippen LogP contribution >= 0.6 is 0 Å². The van der Waals surface area contributed by atoms with Gasteiger partial charge in [-0.05, 0) is 36.5 Å². The number of nitrogen functional groups attached to an aromatic ring is 1. The molecular formula is C22H20N4. The predicted molar refractivity (Wildman–Crippen MR) is 106 cm³/mol. The zero-order valence-electron chi connectivity index (χ0n) is 15.0. The lowest BCUT2D eigenvalue weighted by atomic mass is 9.74. The topological polar surface area (TPSA) is 75.1 Å². The van der Waals surface area contributed by atoms with Crippen LogP contribution in [0.4, 0.5) is 11.4 Å². The lowest BCUT2D eigenvalue weighted by molar-refractivity contribution is 0.368. The first-order valence-corrected chi connectivity index (χ1v) is 8.73. The molecule has 2 aromatic carbocycles. The fourth-order valence-corrected chi connectivity index (χ4v) is 3.70. The van der Waals surface area contributed by atoms with Crippen molar-refractivity contribution in [2.75, 3.05) is 5.73 Å². The summed E-state index contributed by atoms with van der Waals surface area (Å²) in [5.74, 6) is 0. The number of hydrogen-bond acceptors (Lipinski definition) is 4. The third kappa shape index (κ3) is 2.72. The molecule has 0 atom stereocenters. The van der Waals surface area contributed by atoms with Gasteiger partial charge in [-0.1, -0.05) is 44.2 Å². The number of hydrogen-bond donors (Lipinski definition) is 1. The van der Waals surface area contributed by atoms with Gasteiger partial charge in [0, 0.05) is 10.9 Å². The molecule has 1 aliphatic carbocycles. The highest BCUT2D eigenvalue weighted by Crippen LogP contribution is 2.40. The summed E-state index contributed by atoms with van der Waals surface area (Å²) >= 11 is 0. The Morgan fingerprint density at radius 2 is 1.81 bits per heavy atom. The van der Waals surface area contributed by atoms with E-state index in [0.29, 0.717) is 11.3 Å². The Hall–Kier alpha value is -3.19.